The topological polar surface area (TPSA) is 17.8 Å². The van der Waals surface area contributed by atoms with E-state index >= 15 is 0 Å². The summed E-state index contributed by atoms with van der Waals surface area (Å²) in [6.07, 6.45) is 2.23. The molecule has 0 aliphatic carbocycles. The number of aryl methyl sites for hydroxylation is 1. The lowest BCUT2D eigenvalue weighted by molar-refractivity contribution is 0.244. The van der Waals surface area contributed by atoms with Crippen molar-refractivity contribution in [2.45, 2.75) is 47.1 Å². The molecule has 2 nitrogen and oxygen atoms in total. The molecule has 0 unspecified atom stereocenters. The van der Waals surface area contributed by atoms with E-state index in [0.29, 0.717) is 0 Å². The van der Waals surface area contributed by atoms with E-state index in [-0.39, 0.29) is 5.41 Å². The van der Waals surface area contributed by atoms with Crippen LogP contribution in [0.4, 0.5) is 0 Å². The standard InChI is InChI=1S/C12H21ClN2S/c1-5-12(6-2,8-16)7-15-10(4)11(13)9(3)14-15/h16H,5-8H2,1-4H3. The first kappa shape index (κ1) is 13.9. The van der Waals surface area contributed by atoms with Gasteiger partial charge in [0.1, 0.15) is 0 Å². The normalized spacial score (nSPS) is 12.1. The van der Waals surface area contributed by atoms with Crippen molar-refractivity contribution >= 4 is 24.2 Å². The third-order valence-electron chi connectivity index (χ3n) is 3.61. The minimum Gasteiger partial charge on any atom is -0.267 e. The molecule has 0 amide bonds. The summed E-state index contributed by atoms with van der Waals surface area (Å²) in [5.41, 5.74) is 2.21. The first-order valence-corrected chi connectivity index (χ1v) is 6.81. The van der Waals surface area contributed by atoms with Crippen LogP contribution >= 0.6 is 24.2 Å². The molecule has 0 saturated carbocycles. The third-order valence-corrected chi connectivity index (χ3v) is 4.83. The smallest absolute Gasteiger partial charge is 0.0844 e. The highest BCUT2D eigenvalue weighted by atomic mass is 35.5. The van der Waals surface area contributed by atoms with E-state index in [1.807, 2.05) is 18.5 Å². The van der Waals surface area contributed by atoms with Crippen LogP contribution in [0.3, 0.4) is 0 Å². The predicted octanol–water partition coefficient (Wildman–Crippen LogP) is 3.89. The summed E-state index contributed by atoms with van der Waals surface area (Å²) >= 11 is 10.6. The maximum atomic E-state index is 6.15. The monoisotopic (exact) mass is 260 g/mol. The molecule has 1 rings (SSSR count). The average Bonchev–Trinajstić information content (AvgIpc) is 2.54. The molecule has 1 aromatic heterocycles. The molecule has 0 N–H and O–H groups in total. The number of rotatable bonds is 5. The Hall–Kier alpha value is -0.150. The summed E-state index contributed by atoms with van der Waals surface area (Å²) in [4.78, 5) is 0. The maximum absolute atomic E-state index is 6.15. The lowest BCUT2D eigenvalue weighted by atomic mass is 9.84. The lowest BCUT2D eigenvalue weighted by Crippen LogP contribution is -2.28. The molecule has 1 aromatic rings. The zero-order chi connectivity index (χ0) is 12.3. The summed E-state index contributed by atoms with van der Waals surface area (Å²) < 4.78 is 2.03. The van der Waals surface area contributed by atoms with Gasteiger partial charge in [-0.3, -0.25) is 4.68 Å². The molecule has 16 heavy (non-hydrogen) atoms. The van der Waals surface area contributed by atoms with Gasteiger partial charge in [-0.15, -0.1) is 0 Å². The minimum absolute atomic E-state index is 0.232. The molecule has 0 radical (unpaired) electrons. The zero-order valence-electron chi connectivity index (χ0n) is 10.5. The van der Waals surface area contributed by atoms with Crippen molar-refractivity contribution in [3.05, 3.63) is 16.4 Å². The van der Waals surface area contributed by atoms with Crippen molar-refractivity contribution in [1.82, 2.24) is 9.78 Å². The van der Waals surface area contributed by atoms with Gasteiger partial charge in [0.2, 0.25) is 0 Å². The fraction of sp³-hybridized carbons (Fsp3) is 0.750. The molecule has 1 heterocycles. The Balaban J connectivity index is 2.98. The molecule has 0 fully saturated rings. The van der Waals surface area contributed by atoms with E-state index < -0.39 is 0 Å². The second-order valence-electron chi connectivity index (χ2n) is 4.51. The van der Waals surface area contributed by atoms with Crippen molar-refractivity contribution in [3.8, 4) is 0 Å². The first-order valence-electron chi connectivity index (χ1n) is 5.80. The van der Waals surface area contributed by atoms with E-state index in [1.54, 1.807) is 0 Å². The largest absolute Gasteiger partial charge is 0.267 e. The van der Waals surface area contributed by atoms with E-state index in [0.717, 1.165) is 41.5 Å². The van der Waals surface area contributed by atoms with Crippen LogP contribution < -0.4 is 0 Å². The number of halogens is 1. The Morgan fingerprint density at radius 1 is 1.31 bits per heavy atom. The Kier molecular flexibility index (Phi) is 4.74. The van der Waals surface area contributed by atoms with Crippen molar-refractivity contribution in [3.63, 3.8) is 0 Å². The highest BCUT2D eigenvalue weighted by molar-refractivity contribution is 7.80. The van der Waals surface area contributed by atoms with E-state index in [2.05, 4.69) is 31.6 Å². The van der Waals surface area contributed by atoms with Gasteiger partial charge < -0.3 is 0 Å². The molecule has 4 heteroatoms. The fourth-order valence-corrected chi connectivity index (χ4v) is 2.58. The molecule has 92 valence electrons. The number of hydrogen-bond donors (Lipinski definition) is 1. The maximum Gasteiger partial charge on any atom is 0.0844 e. The van der Waals surface area contributed by atoms with Crippen LogP contribution in [0, 0.1) is 19.3 Å². The first-order chi connectivity index (χ1) is 7.49. The Bertz CT molecular complexity index is 348. The number of nitrogens with zero attached hydrogens (tertiary/aromatic N) is 2. The van der Waals surface area contributed by atoms with E-state index in [4.69, 9.17) is 11.6 Å². The van der Waals surface area contributed by atoms with Crippen molar-refractivity contribution in [2.24, 2.45) is 5.41 Å². The van der Waals surface area contributed by atoms with Gasteiger partial charge in [0.25, 0.3) is 0 Å². The molecule has 0 aromatic carbocycles. The van der Waals surface area contributed by atoms with Crippen molar-refractivity contribution in [1.29, 1.82) is 0 Å². The molecule has 0 bridgehead atoms. The molecular formula is C12H21ClN2S. The van der Waals surface area contributed by atoms with Crippen LogP contribution in [0.15, 0.2) is 0 Å². The Morgan fingerprint density at radius 3 is 2.19 bits per heavy atom. The van der Waals surface area contributed by atoms with Gasteiger partial charge in [-0.05, 0) is 37.9 Å². The Labute approximate surface area is 109 Å². The van der Waals surface area contributed by atoms with Crippen LogP contribution in [0.5, 0.6) is 0 Å². The molecular weight excluding hydrogens is 240 g/mol. The van der Waals surface area contributed by atoms with Crippen LogP contribution in [-0.4, -0.2) is 15.5 Å². The van der Waals surface area contributed by atoms with Gasteiger partial charge in [0.15, 0.2) is 0 Å². The summed E-state index contributed by atoms with van der Waals surface area (Å²) in [5, 5.41) is 5.28. The zero-order valence-corrected chi connectivity index (χ0v) is 12.2. The van der Waals surface area contributed by atoms with Crippen LogP contribution in [0.25, 0.3) is 0 Å². The summed E-state index contributed by atoms with van der Waals surface area (Å²) in [6.45, 7) is 9.31. The van der Waals surface area contributed by atoms with Crippen LogP contribution in [-0.2, 0) is 6.54 Å². The highest BCUT2D eigenvalue weighted by Gasteiger charge is 2.26. The second kappa shape index (κ2) is 5.46. The summed E-state index contributed by atoms with van der Waals surface area (Å²) in [5.74, 6) is 0.885. The molecule has 0 aliphatic rings. The lowest BCUT2D eigenvalue weighted by Gasteiger charge is -2.30. The summed E-state index contributed by atoms with van der Waals surface area (Å²) in [7, 11) is 0. The van der Waals surface area contributed by atoms with Crippen LogP contribution in [0.2, 0.25) is 5.02 Å². The predicted molar refractivity (Wildman–Crippen MR) is 73.6 cm³/mol. The van der Waals surface area contributed by atoms with Gasteiger partial charge in [0, 0.05) is 6.54 Å². The van der Waals surface area contributed by atoms with E-state index in [9.17, 15) is 0 Å². The van der Waals surface area contributed by atoms with Gasteiger partial charge in [-0.1, -0.05) is 25.4 Å². The quantitative estimate of drug-likeness (QED) is 0.796. The van der Waals surface area contributed by atoms with Gasteiger partial charge >= 0.3 is 0 Å². The SMILES string of the molecule is CCC(CC)(CS)Cn1nc(C)c(Cl)c1C. The molecule has 0 atom stereocenters. The summed E-state index contributed by atoms with van der Waals surface area (Å²) in [6, 6.07) is 0. The number of hydrogen-bond acceptors (Lipinski definition) is 2. The number of thiol groups is 1. The highest BCUT2D eigenvalue weighted by Crippen LogP contribution is 2.31. The van der Waals surface area contributed by atoms with Crippen molar-refractivity contribution in [2.75, 3.05) is 5.75 Å². The second-order valence-corrected chi connectivity index (χ2v) is 5.20. The van der Waals surface area contributed by atoms with Gasteiger partial charge in [0.05, 0.1) is 16.4 Å². The van der Waals surface area contributed by atoms with E-state index in [1.165, 1.54) is 0 Å². The number of aromatic nitrogens is 2. The fourth-order valence-electron chi connectivity index (χ4n) is 1.89. The van der Waals surface area contributed by atoms with Gasteiger partial charge in [-0.2, -0.15) is 17.7 Å². The van der Waals surface area contributed by atoms with Crippen molar-refractivity contribution < 1.29 is 0 Å². The average molecular weight is 261 g/mol. The van der Waals surface area contributed by atoms with Gasteiger partial charge in [-0.25, -0.2) is 0 Å². The van der Waals surface area contributed by atoms with Crippen LogP contribution in [0.1, 0.15) is 38.1 Å². The third kappa shape index (κ3) is 2.57. The molecule has 0 spiro atoms. The minimum atomic E-state index is 0.232. The molecule has 0 aliphatic heterocycles. The Morgan fingerprint density at radius 2 is 1.88 bits per heavy atom. The molecule has 0 saturated heterocycles.